The molecular weight excluding hydrogens is 348 g/mol. The number of carbonyl (C=O) groups excluding carboxylic acids is 2. The number of aromatic nitrogens is 1. The van der Waals surface area contributed by atoms with Gasteiger partial charge in [0.2, 0.25) is 0 Å². The van der Waals surface area contributed by atoms with Gasteiger partial charge in [-0.15, -0.1) is 11.3 Å². The first kappa shape index (κ1) is 17.5. The maximum Gasteiger partial charge on any atom is 0.317 e. The molecule has 1 aliphatic heterocycles. The Labute approximate surface area is 147 Å². The number of urea groups is 1. The number of piperidine rings is 1. The number of ketones is 1. The Hall–Kier alpha value is -2.35. The van der Waals surface area contributed by atoms with E-state index in [-0.39, 0.29) is 11.6 Å². The van der Waals surface area contributed by atoms with Crippen LogP contribution in [0, 0.1) is 17.6 Å². The van der Waals surface area contributed by atoms with Crippen molar-refractivity contribution < 1.29 is 18.4 Å². The number of amides is 2. The van der Waals surface area contributed by atoms with Crippen LogP contribution in [0.4, 0.5) is 13.6 Å². The Morgan fingerprint density at radius 3 is 2.72 bits per heavy atom. The van der Waals surface area contributed by atoms with Crippen molar-refractivity contribution in [3.8, 4) is 0 Å². The molecule has 0 spiro atoms. The zero-order valence-electron chi connectivity index (χ0n) is 13.4. The second kappa shape index (κ2) is 7.69. The summed E-state index contributed by atoms with van der Waals surface area (Å²) in [7, 11) is 0. The second-order valence-electron chi connectivity index (χ2n) is 5.83. The molecule has 1 saturated heterocycles. The maximum atomic E-state index is 13.7. The lowest BCUT2D eigenvalue weighted by Gasteiger charge is -2.31. The van der Waals surface area contributed by atoms with Gasteiger partial charge in [0, 0.05) is 30.6 Å². The van der Waals surface area contributed by atoms with Crippen molar-refractivity contribution in [1.82, 2.24) is 15.2 Å². The zero-order valence-corrected chi connectivity index (χ0v) is 14.2. The van der Waals surface area contributed by atoms with E-state index in [0.717, 1.165) is 23.2 Å². The van der Waals surface area contributed by atoms with Crippen LogP contribution >= 0.6 is 11.3 Å². The van der Waals surface area contributed by atoms with Crippen molar-refractivity contribution in [1.29, 1.82) is 0 Å². The van der Waals surface area contributed by atoms with Gasteiger partial charge in [0.1, 0.15) is 16.6 Å². The summed E-state index contributed by atoms with van der Waals surface area (Å²) in [5, 5.41) is 5.44. The van der Waals surface area contributed by atoms with E-state index in [1.807, 2.05) is 5.38 Å². The summed E-state index contributed by atoms with van der Waals surface area (Å²) in [5.41, 5.74) is -0.216. The summed E-state index contributed by atoms with van der Waals surface area (Å²) in [4.78, 5) is 30.2. The van der Waals surface area contributed by atoms with Gasteiger partial charge in [-0.2, -0.15) is 0 Å². The van der Waals surface area contributed by atoms with Crippen molar-refractivity contribution >= 4 is 23.2 Å². The van der Waals surface area contributed by atoms with Crippen LogP contribution in [-0.4, -0.2) is 34.8 Å². The van der Waals surface area contributed by atoms with Crippen LogP contribution in [0.25, 0.3) is 0 Å². The molecule has 3 rings (SSSR count). The fourth-order valence-corrected chi connectivity index (χ4v) is 3.41. The SMILES string of the molecule is O=C(c1cc(F)ccc1F)C1CCN(C(=O)NCc2nccs2)CC1. The van der Waals surface area contributed by atoms with E-state index in [1.54, 1.807) is 11.1 Å². The number of Topliss-reactive ketones (excluding diaryl/α,β-unsaturated/α-hetero) is 1. The molecule has 25 heavy (non-hydrogen) atoms. The molecule has 1 N–H and O–H groups in total. The number of benzene rings is 1. The van der Waals surface area contributed by atoms with Crippen molar-refractivity contribution in [3.05, 3.63) is 52.0 Å². The molecule has 1 aromatic heterocycles. The number of rotatable bonds is 4. The van der Waals surface area contributed by atoms with Crippen LogP contribution in [0.3, 0.4) is 0 Å². The third-order valence-corrected chi connectivity index (χ3v) is 5.00. The summed E-state index contributed by atoms with van der Waals surface area (Å²) in [6.45, 7) is 1.16. The molecule has 1 aliphatic rings. The molecule has 1 aromatic carbocycles. The van der Waals surface area contributed by atoms with E-state index in [4.69, 9.17) is 0 Å². The van der Waals surface area contributed by atoms with Crippen LogP contribution in [0.2, 0.25) is 0 Å². The van der Waals surface area contributed by atoms with Crippen molar-refractivity contribution in [2.45, 2.75) is 19.4 Å². The molecule has 0 atom stereocenters. The minimum Gasteiger partial charge on any atom is -0.331 e. The lowest BCUT2D eigenvalue weighted by Crippen LogP contribution is -2.45. The van der Waals surface area contributed by atoms with Crippen LogP contribution < -0.4 is 5.32 Å². The van der Waals surface area contributed by atoms with Crippen molar-refractivity contribution in [2.24, 2.45) is 5.92 Å². The monoisotopic (exact) mass is 365 g/mol. The number of hydrogen-bond acceptors (Lipinski definition) is 4. The Morgan fingerprint density at radius 1 is 1.28 bits per heavy atom. The van der Waals surface area contributed by atoms with Crippen molar-refractivity contribution in [3.63, 3.8) is 0 Å². The molecule has 0 bridgehead atoms. The number of likely N-dealkylation sites (tertiary alicyclic amines) is 1. The van der Waals surface area contributed by atoms with Gasteiger partial charge in [0.05, 0.1) is 12.1 Å². The molecule has 132 valence electrons. The van der Waals surface area contributed by atoms with Gasteiger partial charge in [-0.3, -0.25) is 4.79 Å². The highest BCUT2D eigenvalue weighted by Crippen LogP contribution is 2.23. The average Bonchev–Trinajstić information content (AvgIpc) is 3.15. The van der Waals surface area contributed by atoms with E-state index in [9.17, 15) is 18.4 Å². The smallest absolute Gasteiger partial charge is 0.317 e. The Morgan fingerprint density at radius 2 is 2.04 bits per heavy atom. The lowest BCUT2D eigenvalue weighted by molar-refractivity contribution is 0.0849. The Balaban J connectivity index is 1.53. The van der Waals surface area contributed by atoms with Crippen LogP contribution in [0.15, 0.2) is 29.8 Å². The van der Waals surface area contributed by atoms with E-state index in [2.05, 4.69) is 10.3 Å². The fraction of sp³-hybridized carbons (Fsp3) is 0.353. The van der Waals surface area contributed by atoms with Gasteiger partial charge in [-0.25, -0.2) is 18.6 Å². The summed E-state index contributed by atoms with van der Waals surface area (Å²) in [6.07, 6.45) is 2.54. The quantitative estimate of drug-likeness (QED) is 0.846. The maximum absolute atomic E-state index is 13.7. The predicted molar refractivity (Wildman–Crippen MR) is 89.3 cm³/mol. The summed E-state index contributed by atoms with van der Waals surface area (Å²) >= 11 is 1.46. The Kier molecular flexibility index (Phi) is 5.37. The predicted octanol–water partition coefficient (Wildman–Crippen LogP) is 3.23. The average molecular weight is 365 g/mol. The highest BCUT2D eigenvalue weighted by Gasteiger charge is 2.29. The first-order chi connectivity index (χ1) is 12.0. The molecular formula is C17H17F2N3O2S. The molecule has 0 aliphatic carbocycles. The summed E-state index contributed by atoms with van der Waals surface area (Å²) in [5.74, 6) is -2.15. The Bertz CT molecular complexity index is 759. The normalized spacial score (nSPS) is 15.2. The first-order valence-electron chi connectivity index (χ1n) is 7.95. The van der Waals surface area contributed by atoms with Gasteiger partial charge in [-0.1, -0.05) is 0 Å². The number of halogens is 2. The minimum absolute atomic E-state index is 0.210. The molecule has 8 heteroatoms. The van der Waals surface area contributed by atoms with Crippen LogP contribution in [0.5, 0.6) is 0 Å². The highest BCUT2D eigenvalue weighted by molar-refractivity contribution is 7.09. The number of hydrogen-bond donors (Lipinski definition) is 1. The fourth-order valence-electron chi connectivity index (χ4n) is 2.85. The second-order valence-corrected chi connectivity index (χ2v) is 6.81. The number of thiazole rings is 1. The lowest BCUT2D eigenvalue weighted by atomic mass is 9.88. The highest BCUT2D eigenvalue weighted by atomic mass is 32.1. The molecule has 2 heterocycles. The summed E-state index contributed by atoms with van der Waals surface area (Å²) < 4.78 is 27.0. The van der Waals surface area contributed by atoms with Crippen LogP contribution in [-0.2, 0) is 6.54 Å². The van der Waals surface area contributed by atoms with Gasteiger partial charge in [-0.05, 0) is 31.0 Å². The molecule has 0 saturated carbocycles. The number of carbonyl (C=O) groups is 2. The molecule has 0 radical (unpaired) electrons. The van der Waals surface area contributed by atoms with Gasteiger partial charge < -0.3 is 10.2 Å². The topological polar surface area (TPSA) is 62.3 Å². The van der Waals surface area contributed by atoms with Gasteiger partial charge in [0.15, 0.2) is 5.78 Å². The van der Waals surface area contributed by atoms with E-state index >= 15 is 0 Å². The van der Waals surface area contributed by atoms with E-state index < -0.39 is 23.3 Å². The van der Waals surface area contributed by atoms with E-state index in [1.165, 1.54) is 11.3 Å². The minimum atomic E-state index is -0.713. The van der Waals surface area contributed by atoms with Gasteiger partial charge in [0.25, 0.3) is 0 Å². The third-order valence-electron chi connectivity index (χ3n) is 4.22. The molecule has 1 fully saturated rings. The number of nitrogens with one attached hydrogen (secondary N) is 1. The first-order valence-corrected chi connectivity index (χ1v) is 8.83. The van der Waals surface area contributed by atoms with E-state index in [0.29, 0.717) is 32.5 Å². The molecule has 0 unspecified atom stereocenters. The van der Waals surface area contributed by atoms with Crippen LogP contribution in [0.1, 0.15) is 28.2 Å². The standard InChI is InChI=1S/C17H17F2N3O2S/c18-12-1-2-14(19)13(9-12)16(23)11-3-6-22(7-4-11)17(24)21-10-15-20-5-8-25-15/h1-2,5,8-9,11H,3-4,6-7,10H2,(H,21,24). The van der Waals surface area contributed by atoms with Gasteiger partial charge >= 0.3 is 6.03 Å². The zero-order chi connectivity index (χ0) is 17.8. The largest absolute Gasteiger partial charge is 0.331 e. The third kappa shape index (κ3) is 4.19. The molecule has 2 amide bonds. The molecule has 2 aromatic rings. The molecule has 5 nitrogen and oxygen atoms in total. The summed E-state index contributed by atoms with van der Waals surface area (Å²) in [6, 6.07) is 2.67. The number of nitrogens with zero attached hydrogens (tertiary/aromatic N) is 2. The van der Waals surface area contributed by atoms with Crippen molar-refractivity contribution in [2.75, 3.05) is 13.1 Å².